The Hall–Kier alpha value is -1.24. The lowest BCUT2D eigenvalue weighted by Gasteiger charge is -2.61. The topological polar surface area (TPSA) is 87.1 Å². The van der Waals surface area contributed by atoms with Crippen molar-refractivity contribution in [3.63, 3.8) is 0 Å². The van der Waals surface area contributed by atoms with Gasteiger partial charge in [0, 0.05) is 49.8 Å². The van der Waals surface area contributed by atoms with Crippen LogP contribution in [0.25, 0.3) is 0 Å². The minimum Gasteiger partial charge on any atom is -0.459 e. The SMILES string of the molecule is CC(=O)O[C@H]1[C@H](O)C[C@]2(O)N3CCC=C4C(=O)C[C@H]1[C@]42CCC3. The van der Waals surface area contributed by atoms with E-state index in [2.05, 4.69) is 0 Å². The molecule has 2 N–H and O–H groups in total. The van der Waals surface area contributed by atoms with Gasteiger partial charge in [0.25, 0.3) is 0 Å². The molecule has 0 amide bonds. The van der Waals surface area contributed by atoms with Gasteiger partial charge in [0.1, 0.15) is 11.8 Å². The molecular weight excluding hydrogens is 298 g/mol. The van der Waals surface area contributed by atoms with Crippen molar-refractivity contribution in [3.05, 3.63) is 11.6 Å². The minimum absolute atomic E-state index is 0.0310. The number of hydrogen-bond acceptors (Lipinski definition) is 6. The third kappa shape index (κ3) is 1.80. The van der Waals surface area contributed by atoms with E-state index in [1.807, 2.05) is 11.0 Å². The van der Waals surface area contributed by atoms with Crippen LogP contribution in [0.2, 0.25) is 0 Å². The van der Waals surface area contributed by atoms with E-state index in [0.29, 0.717) is 18.5 Å². The van der Waals surface area contributed by atoms with Gasteiger partial charge >= 0.3 is 5.97 Å². The largest absolute Gasteiger partial charge is 0.459 e. The number of hydrogen-bond donors (Lipinski definition) is 2. The van der Waals surface area contributed by atoms with Crippen molar-refractivity contribution < 1.29 is 24.5 Å². The molecule has 1 spiro atoms. The summed E-state index contributed by atoms with van der Waals surface area (Å²) < 4.78 is 5.40. The first-order valence-corrected chi connectivity index (χ1v) is 8.47. The quantitative estimate of drug-likeness (QED) is 0.679. The van der Waals surface area contributed by atoms with Crippen LogP contribution >= 0.6 is 0 Å². The predicted octanol–water partition coefficient (Wildman–Crippen LogP) is 0.373. The third-order valence-electron chi connectivity index (χ3n) is 6.38. The first-order valence-electron chi connectivity index (χ1n) is 8.47. The highest BCUT2D eigenvalue weighted by Crippen LogP contribution is 2.64. The summed E-state index contributed by atoms with van der Waals surface area (Å²) in [7, 11) is 0. The number of rotatable bonds is 1. The van der Waals surface area contributed by atoms with Crippen LogP contribution in [0.4, 0.5) is 0 Å². The Balaban J connectivity index is 1.88. The molecule has 0 aromatic heterocycles. The lowest BCUT2D eigenvalue weighted by Crippen LogP contribution is -2.71. The average molecular weight is 321 g/mol. The van der Waals surface area contributed by atoms with E-state index in [-0.39, 0.29) is 24.5 Å². The van der Waals surface area contributed by atoms with Gasteiger partial charge in [-0.05, 0) is 19.3 Å². The molecule has 2 saturated carbocycles. The van der Waals surface area contributed by atoms with Crippen molar-refractivity contribution in [1.82, 2.24) is 4.90 Å². The zero-order valence-corrected chi connectivity index (χ0v) is 13.3. The highest BCUT2D eigenvalue weighted by atomic mass is 16.6. The van der Waals surface area contributed by atoms with Gasteiger partial charge in [0.05, 0.1) is 6.10 Å². The summed E-state index contributed by atoms with van der Waals surface area (Å²) in [5, 5.41) is 22.2. The zero-order valence-electron chi connectivity index (χ0n) is 13.3. The first-order chi connectivity index (χ1) is 10.9. The summed E-state index contributed by atoms with van der Waals surface area (Å²) in [6, 6.07) is 0. The number of ketones is 1. The Morgan fingerprint density at radius 1 is 1.43 bits per heavy atom. The number of ether oxygens (including phenoxy) is 1. The van der Waals surface area contributed by atoms with Crippen molar-refractivity contribution in [3.8, 4) is 0 Å². The molecule has 1 saturated heterocycles. The smallest absolute Gasteiger partial charge is 0.303 e. The van der Waals surface area contributed by atoms with Crippen LogP contribution in [0.15, 0.2) is 11.6 Å². The summed E-state index contributed by atoms with van der Waals surface area (Å²) in [5.74, 6) is -0.773. The number of aliphatic hydroxyl groups is 2. The molecule has 0 aromatic carbocycles. The van der Waals surface area contributed by atoms with Crippen molar-refractivity contribution in [2.24, 2.45) is 11.3 Å². The Kier molecular flexibility index (Phi) is 3.25. The molecule has 2 aliphatic carbocycles. The molecule has 4 rings (SSSR count). The van der Waals surface area contributed by atoms with Crippen LogP contribution in [-0.4, -0.2) is 57.9 Å². The number of carbonyl (C=O) groups excluding carboxylic acids is 2. The number of esters is 1. The molecule has 3 fully saturated rings. The minimum atomic E-state index is -1.22. The Morgan fingerprint density at radius 2 is 2.22 bits per heavy atom. The number of Topliss-reactive ketones (excluding diaryl/α,β-unsaturated/α-hetero) is 1. The van der Waals surface area contributed by atoms with Gasteiger partial charge in [-0.15, -0.1) is 0 Å². The van der Waals surface area contributed by atoms with Crippen molar-refractivity contribution in [2.45, 2.75) is 57.0 Å². The molecule has 0 radical (unpaired) electrons. The number of aliphatic hydroxyl groups excluding tert-OH is 1. The fraction of sp³-hybridized carbons (Fsp3) is 0.765. The third-order valence-corrected chi connectivity index (χ3v) is 6.38. The van der Waals surface area contributed by atoms with Crippen LogP contribution in [-0.2, 0) is 14.3 Å². The van der Waals surface area contributed by atoms with Crippen LogP contribution in [0.1, 0.15) is 39.0 Å². The maximum atomic E-state index is 12.7. The molecule has 126 valence electrons. The summed E-state index contributed by atoms with van der Waals surface area (Å²) >= 11 is 0. The Labute approximate surface area is 135 Å². The van der Waals surface area contributed by atoms with Gasteiger partial charge in [-0.1, -0.05) is 6.08 Å². The van der Waals surface area contributed by atoms with Gasteiger partial charge < -0.3 is 14.9 Å². The van der Waals surface area contributed by atoms with Crippen LogP contribution < -0.4 is 0 Å². The van der Waals surface area contributed by atoms with E-state index in [1.165, 1.54) is 6.92 Å². The molecule has 2 aliphatic heterocycles. The fourth-order valence-corrected chi connectivity index (χ4v) is 5.67. The highest BCUT2D eigenvalue weighted by Gasteiger charge is 2.71. The second-order valence-corrected chi connectivity index (χ2v) is 7.36. The molecular formula is C17H23NO5. The molecule has 6 nitrogen and oxygen atoms in total. The van der Waals surface area contributed by atoms with E-state index >= 15 is 0 Å². The van der Waals surface area contributed by atoms with Crippen LogP contribution in [0, 0.1) is 11.3 Å². The van der Waals surface area contributed by atoms with Gasteiger partial charge in [-0.25, -0.2) is 0 Å². The maximum absolute atomic E-state index is 12.7. The molecule has 6 atom stereocenters. The summed E-state index contributed by atoms with van der Waals surface area (Å²) in [6.45, 7) is 2.77. The Bertz CT molecular complexity index is 602. The summed E-state index contributed by atoms with van der Waals surface area (Å²) in [4.78, 5) is 26.2. The van der Waals surface area contributed by atoms with Gasteiger partial charge in [0.2, 0.25) is 0 Å². The second-order valence-electron chi connectivity index (χ2n) is 7.36. The first kappa shape index (κ1) is 15.3. The van der Waals surface area contributed by atoms with Crippen LogP contribution in [0.3, 0.4) is 0 Å². The average Bonchev–Trinajstić information content (AvgIpc) is 2.74. The summed E-state index contributed by atoms with van der Waals surface area (Å²) in [5.41, 5.74) is -1.23. The lowest BCUT2D eigenvalue weighted by atomic mass is 9.55. The fourth-order valence-electron chi connectivity index (χ4n) is 5.67. The van der Waals surface area contributed by atoms with E-state index in [1.54, 1.807) is 0 Å². The maximum Gasteiger partial charge on any atom is 0.303 e. The molecule has 6 heteroatoms. The van der Waals surface area contributed by atoms with Crippen molar-refractivity contribution >= 4 is 11.8 Å². The number of piperidine rings is 1. The number of carbonyl (C=O) groups is 2. The van der Waals surface area contributed by atoms with Gasteiger partial charge in [-0.2, -0.15) is 0 Å². The number of nitrogens with zero attached hydrogens (tertiary/aromatic N) is 1. The van der Waals surface area contributed by atoms with Gasteiger partial charge in [0.15, 0.2) is 5.78 Å². The zero-order chi connectivity index (χ0) is 16.4. The highest BCUT2D eigenvalue weighted by molar-refractivity contribution is 6.00. The monoisotopic (exact) mass is 321 g/mol. The standard InChI is InChI=1S/C17H23NO5/c1-10(19)23-15-12-8-13(20)11-4-2-6-18-7-3-5-16(11,12)17(18,22)9-14(15)21/h4,12,14-15,21-22H,2-3,5-9H2,1H3/t12-,14-,15-,16+,17-/m1/s1. The van der Waals surface area contributed by atoms with E-state index in [4.69, 9.17) is 4.74 Å². The molecule has 4 aliphatic rings. The van der Waals surface area contributed by atoms with Crippen molar-refractivity contribution in [2.75, 3.05) is 13.1 Å². The van der Waals surface area contributed by atoms with E-state index in [9.17, 15) is 19.8 Å². The predicted molar refractivity (Wildman–Crippen MR) is 80.2 cm³/mol. The van der Waals surface area contributed by atoms with E-state index < -0.39 is 29.3 Å². The normalized spacial score (nSPS) is 48.3. The molecule has 1 unspecified atom stereocenters. The van der Waals surface area contributed by atoms with Crippen LogP contribution in [0.5, 0.6) is 0 Å². The summed E-state index contributed by atoms with van der Waals surface area (Å²) in [6.07, 6.45) is 2.98. The van der Waals surface area contributed by atoms with E-state index in [0.717, 1.165) is 19.4 Å². The second kappa shape index (κ2) is 4.88. The molecule has 2 heterocycles. The molecule has 0 aromatic rings. The lowest BCUT2D eigenvalue weighted by molar-refractivity contribution is -0.276. The molecule has 2 bridgehead atoms. The van der Waals surface area contributed by atoms with Crippen molar-refractivity contribution in [1.29, 1.82) is 0 Å². The Morgan fingerprint density at radius 3 is 2.96 bits per heavy atom. The molecule has 23 heavy (non-hydrogen) atoms. The van der Waals surface area contributed by atoms with Gasteiger partial charge in [-0.3, -0.25) is 14.5 Å².